The number of hydrogen-bond acceptors (Lipinski definition) is 4. The molecule has 2 heterocycles. The van der Waals surface area contributed by atoms with Crippen LogP contribution >= 0.6 is 0 Å². The van der Waals surface area contributed by atoms with Crippen LogP contribution < -0.4 is 4.74 Å². The summed E-state index contributed by atoms with van der Waals surface area (Å²) >= 11 is 0. The number of carbonyl (C=O) groups excluding carboxylic acids is 1. The Bertz CT molecular complexity index is 725. The monoisotopic (exact) mass is 441 g/mol. The van der Waals surface area contributed by atoms with Crippen LogP contribution in [0.3, 0.4) is 0 Å². The van der Waals surface area contributed by atoms with E-state index >= 15 is 0 Å². The molecule has 0 spiro atoms. The Balaban J connectivity index is 1.23. The van der Waals surface area contributed by atoms with Gasteiger partial charge in [0.25, 0.3) is 0 Å². The summed E-state index contributed by atoms with van der Waals surface area (Å²) in [6.45, 7) is 5.87. The Kier molecular flexibility index (Phi) is 8.48. The molecule has 5 heteroatoms. The highest BCUT2D eigenvalue weighted by molar-refractivity contribution is 5.76. The van der Waals surface area contributed by atoms with Crippen molar-refractivity contribution in [1.82, 2.24) is 14.7 Å². The first-order valence-electron chi connectivity index (χ1n) is 12.9. The van der Waals surface area contributed by atoms with Crippen LogP contribution in [-0.2, 0) is 11.3 Å². The topological polar surface area (TPSA) is 36.0 Å². The fourth-order valence-electron chi connectivity index (χ4n) is 5.82. The molecule has 1 atom stereocenters. The maximum atomic E-state index is 12.7. The molecule has 1 aromatic rings. The van der Waals surface area contributed by atoms with Gasteiger partial charge in [-0.25, -0.2) is 0 Å². The lowest BCUT2D eigenvalue weighted by Crippen LogP contribution is -2.42. The Labute approximate surface area is 195 Å². The minimum Gasteiger partial charge on any atom is -0.493 e. The van der Waals surface area contributed by atoms with Crippen molar-refractivity contribution < 1.29 is 9.53 Å². The van der Waals surface area contributed by atoms with Crippen LogP contribution in [0.5, 0.6) is 5.75 Å². The molecule has 0 bridgehead atoms. The van der Waals surface area contributed by atoms with Gasteiger partial charge in [0.05, 0.1) is 6.61 Å². The normalized spacial score (nSPS) is 23.7. The van der Waals surface area contributed by atoms with Crippen LogP contribution in [0.4, 0.5) is 0 Å². The molecule has 178 valence electrons. The highest BCUT2D eigenvalue weighted by atomic mass is 16.5. The molecule has 1 unspecified atom stereocenters. The number of piperidine rings is 2. The molecule has 2 aliphatic heterocycles. The van der Waals surface area contributed by atoms with Crippen molar-refractivity contribution >= 4 is 5.91 Å². The molecule has 1 saturated carbocycles. The number of benzene rings is 1. The average molecular weight is 442 g/mol. The molecule has 4 rings (SSSR count). The minimum atomic E-state index is 0.376. The lowest BCUT2D eigenvalue weighted by atomic mass is 9.97. The molecule has 0 radical (unpaired) electrons. The smallest absolute Gasteiger partial charge is 0.222 e. The fraction of sp³-hybridized carbons (Fsp3) is 0.741. The second-order valence-corrected chi connectivity index (χ2v) is 10.6. The van der Waals surface area contributed by atoms with Gasteiger partial charge in [0.1, 0.15) is 5.75 Å². The van der Waals surface area contributed by atoms with Gasteiger partial charge in [-0.05, 0) is 89.3 Å². The van der Waals surface area contributed by atoms with Gasteiger partial charge in [0.2, 0.25) is 5.91 Å². The molecule has 1 amide bonds. The summed E-state index contributed by atoms with van der Waals surface area (Å²) in [4.78, 5) is 19.8. The first kappa shape index (κ1) is 23.6. The molecular weight excluding hydrogens is 398 g/mol. The Morgan fingerprint density at radius 2 is 1.78 bits per heavy atom. The maximum Gasteiger partial charge on any atom is 0.222 e. The molecule has 5 nitrogen and oxygen atoms in total. The minimum absolute atomic E-state index is 0.376. The molecule has 2 saturated heterocycles. The summed E-state index contributed by atoms with van der Waals surface area (Å²) in [5, 5.41) is 0. The number of amides is 1. The van der Waals surface area contributed by atoms with E-state index in [2.05, 4.69) is 53.1 Å². The molecule has 1 aromatic carbocycles. The van der Waals surface area contributed by atoms with E-state index in [9.17, 15) is 4.79 Å². The van der Waals surface area contributed by atoms with Crippen LogP contribution in [0.25, 0.3) is 0 Å². The number of rotatable bonds is 8. The first-order chi connectivity index (χ1) is 15.6. The number of hydrogen-bond donors (Lipinski definition) is 0. The summed E-state index contributed by atoms with van der Waals surface area (Å²) in [6, 6.07) is 9.28. The van der Waals surface area contributed by atoms with Gasteiger partial charge in [-0.15, -0.1) is 0 Å². The summed E-state index contributed by atoms with van der Waals surface area (Å²) in [7, 11) is 4.47. The van der Waals surface area contributed by atoms with Gasteiger partial charge in [-0.1, -0.05) is 25.0 Å². The van der Waals surface area contributed by atoms with Crippen LogP contribution in [0.1, 0.15) is 63.4 Å². The number of ether oxygens (including phenoxy) is 1. The maximum absolute atomic E-state index is 12.7. The highest BCUT2D eigenvalue weighted by Gasteiger charge is 2.27. The third kappa shape index (κ3) is 6.71. The van der Waals surface area contributed by atoms with Crippen LogP contribution in [0, 0.1) is 11.8 Å². The fourth-order valence-corrected chi connectivity index (χ4v) is 5.82. The van der Waals surface area contributed by atoms with E-state index in [-0.39, 0.29) is 0 Å². The van der Waals surface area contributed by atoms with Crippen molar-refractivity contribution in [2.24, 2.45) is 11.8 Å². The van der Waals surface area contributed by atoms with E-state index in [1.54, 1.807) is 0 Å². The summed E-state index contributed by atoms with van der Waals surface area (Å²) in [5.74, 6) is 2.42. The lowest BCUT2D eigenvalue weighted by molar-refractivity contribution is -0.134. The highest BCUT2D eigenvalue weighted by Crippen LogP contribution is 2.29. The van der Waals surface area contributed by atoms with Gasteiger partial charge in [-0.3, -0.25) is 9.69 Å². The van der Waals surface area contributed by atoms with E-state index < -0.39 is 0 Å². The second kappa shape index (κ2) is 11.5. The Hall–Kier alpha value is -1.59. The molecular formula is C27H43N3O2. The van der Waals surface area contributed by atoms with E-state index in [0.717, 1.165) is 44.6 Å². The largest absolute Gasteiger partial charge is 0.493 e. The second-order valence-electron chi connectivity index (χ2n) is 10.6. The Morgan fingerprint density at radius 1 is 1.03 bits per heavy atom. The zero-order chi connectivity index (χ0) is 22.3. The molecule has 3 aliphatic rings. The molecule has 1 aliphatic carbocycles. The molecule has 0 aromatic heterocycles. The van der Waals surface area contributed by atoms with Gasteiger partial charge in [0, 0.05) is 38.0 Å². The molecule has 3 fully saturated rings. The van der Waals surface area contributed by atoms with Crippen LogP contribution in [0.15, 0.2) is 24.3 Å². The zero-order valence-corrected chi connectivity index (χ0v) is 20.3. The van der Waals surface area contributed by atoms with E-state index in [4.69, 9.17) is 4.74 Å². The van der Waals surface area contributed by atoms with Crippen molar-refractivity contribution in [1.29, 1.82) is 0 Å². The van der Waals surface area contributed by atoms with Gasteiger partial charge >= 0.3 is 0 Å². The number of likely N-dealkylation sites (tertiary alicyclic amines) is 2. The Morgan fingerprint density at radius 3 is 2.56 bits per heavy atom. The first-order valence-corrected chi connectivity index (χ1v) is 12.9. The van der Waals surface area contributed by atoms with Gasteiger partial charge in [0.15, 0.2) is 0 Å². The molecule has 0 N–H and O–H groups in total. The average Bonchev–Trinajstić information content (AvgIpc) is 3.31. The van der Waals surface area contributed by atoms with E-state index in [1.807, 2.05) is 0 Å². The zero-order valence-electron chi connectivity index (χ0n) is 20.3. The third-order valence-electron chi connectivity index (χ3n) is 7.94. The van der Waals surface area contributed by atoms with Gasteiger partial charge < -0.3 is 14.5 Å². The molecule has 32 heavy (non-hydrogen) atoms. The van der Waals surface area contributed by atoms with Crippen molar-refractivity contribution in [3.8, 4) is 5.75 Å². The summed E-state index contributed by atoms with van der Waals surface area (Å²) in [6.07, 6.45) is 10.6. The van der Waals surface area contributed by atoms with E-state index in [0.29, 0.717) is 30.4 Å². The van der Waals surface area contributed by atoms with Crippen LogP contribution in [-0.4, -0.2) is 73.5 Å². The van der Waals surface area contributed by atoms with E-state index in [1.165, 1.54) is 57.2 Å². The SMILES string of the molecule is CN1CCC(N(C)Cc2cccc(OCC3CCCN(C(=O)CC4CCCC4)C3)c2)CC1. The number of nitrogens with zero attached hydrogens (tertiary/aromatic N) is 3. The van der Waals surface area contributed by atoms with Crippen molar-refractivity contribution in [2.75, 3.05) is 46.9 Å². The lowest BCUT2D eigenvalue weighted by Gasteiger charge is -2.35. The van der Waals surface area contributed by atoms with Crippen molar-refractivity contribution in [2.45, 2.75) is 70.4 Å². The van der Waals surface area contributed by atoms with Gasteiger partial charge in [-0.2, -0.15) is 0 Å². The summed E-state index contributed by atoms with van der Waals surface area (Å²) in [5.41, 5.74) is 1.32. The summed E-state index contributed by atoms with van der Waals surface area (Å²) < 4.78 is 6.23. The number of carbonyl (C=O) groups is 1. The quantitative estimate of drug-likeness (QED) is 0.599. The predicted octanol–water partition coefficient (Wildman–Crippen LogP) is 4.41. The third-order valence-corrected chi connectivity index (χ3v) is 7.94. The van der Waals surface area contributed by atoms with Crippen molar-refractivity contribution in [3.05, 3.63) is 29.8 Å². The van der Waals surface area contributed by atoms with Crippen molar-refractivity contribution in [3.63, 3.8) is 0 Å². The predicted molar refractivity (Wildman–Crippen MR) is 130 cm³/mol. The van der Waals surface area contributed by atoms with Crippen LogP contribution in [0.2, 0.25) is 0 Å². The standard InChI is InChI=1S/C27H43N3O2/c1-28-15-12-25(13-16-28)29(2)19-23-9-5-11-26(17-23)32-21-24-10-6-14-30(20-24)27(31)18-22-7-3-4-8-22/h5,9,11,17,22,24-25H,3-4,6-8,10,12-16,18-21H2,1-2H3.